The molecule has 4 rings (SSSR count). The summed E-state index contributed by atoms with van der Waals surface area (Å²) in [6.07, 6.45) is 1.06. The van der Waals surface area contributed by atoms with Gasteiger partial charge in [0.25, 0.3) is 0 Å². The van der Waals surface area contributed by atoms with Crippen LogP contribution in [0.25, 0.3) is 0 Å². The van der Waals surface area contributed by atoms with Crippen molar-refractivity contribution in [3.63, 3.8) is 0 Å². The maximum absolute atomic E-state index is 13.2. The highest BCUT2D eigenvalue weighted by molar-refractivity contribution is 6.42. The molecule has 2 aromatic rings. The lowest BCUT2D eigenvalue weighted by molar-refractivity contribution is -0.124. The van der Waals surface area contributed by atoms with Gasteiger partial charge in [0.1, 0.15) is 0 Å². The summed E-state index contributed by atoms with van der Waals surface area (Å²) in [4.78, 5) is 29.1. The van der Waals surface area contributed by atoms with E-state index in [0.29, 0.717) is 22.3 Å². The van der Waals surface area contributed by atoms with Gasteiger partial charge in [-0.2, -0.15) is 0 Å². The van der Waals surface area contributed by atoms with Crippen molar-refractivity contribution in [3.05, 3.63) is 58.1 Å². The number of rotatable bonds is 2. The van der Waals surface area contributed by atoms with Crippen LogP contribution in [0.15, 0.2) is 42.5 Å². The zero-order chi connectivity index (χ0) is 18.4. The van der Waals surface area contributed by atoms with Gasteiger partial charge in [0.05, 0.1) is 16.0 Å². The molecule has 2 unspecified atom stereocenters. The molecule has 26 heavy (non-hydrogen) atoms. The van der Waals surface area contributed by atoms with Gasteiger partial charge in [0.2, 0.25) is 11.8 Å². The van der Waals surface area contributed by atoms with Gasteiger partial charge in [-0.3, -0.25) is 9.59 Å². The number of hydrogen-bond acceptors (Lipinski definition) is 2. The monoisotopic (exact) mass is 388 g/mol. The average Bonchev–Trinajstić information content (AvgIpc) is 3.16. The minimum atomic E-state index is -0.356. The second kappa shape index (κ2) is 6.60. The molecule has 134 valence electrons. The second-order valence-corrected chi connectivity index (χ2v) is 7.71. The Labute approximate surface area is 162 Å². The molecule has 0 aromatic heterocycles. The molecule has 0 aliphatic carbocycles. The number of carbonyl (C=O) groups is 2. The number of para-hydroxylation sites is 1. The van der Waals surface area contributed by atoms with Crippen LogP contribution in [0.3, 0.4) is 0 Å². The first kappa shape index (κ1) is 17.4. The standard InChI is InChI=1S/C20H18Cl2N2O2/c1-12-8-13-4-2-3-5-18(13)24(12)20(26)14-9-19(25)23(11-14)15-6-7-16(21)17(22)10-15/h2-7,10,12,14H,8-9,11H2,1H3. The predicted molar refractivity (Wildman–Crippen MR) is 104 cm³/mol. The third kappa shape index (κ3) is 2.87. The summed E-state index contributed by atoms with van der Waals surface area (Å²) < 4.78 is 0. The summed E-state index contributed by atoms with van der Waals surface area (Å²) in [5.74, 6) is -0.411. The van der Waals surface area contributed by atoms with Gasteiger partial charge >= 0.3 is 0 Å². The number of benzene rings is 2. The largest absolute Gasteiger partial charge is 0.312 e. The first-order chi connectivity index (χ1) is 12.5. The summed E-state index contributed by atoms with van der Waals surface area (Å²) in [6, 6.07) is 13.2. The lowest BCUT2D eigenvalue weighted by Gasteiger charge is -2.26. The molecule has 6 heteroatoms. The van der Waals surface area contributed by atoms with Gasteiger partial charge < -0.3 is 9.80 Å². The van der Waals surface area contributed by atoms with Gasteiger partial charge in [0.15, 0.2) is 0 Å². The number of nitrogens with zero attached hydrogens (tertiary/aromatic N) is 2. The van der Waals surface area contributed by atoms with Crippen molar-refractivity contribution >= 4 is 46.4 Å². The van der Waals surface area contributed by atoms with E-state index in [9.17, 15) is 9.59 Å². The van der Waals surface area contributed by atoms with Crippen LogP contribution in [0.1, 0.15) is 18.9 Å². The molecule has 2 amide bonds. The van der Waals surface area contributed by atoms with Crippen molar-refractivity contribution in [1.29, 1.82) is 0 Å². The van der Waals surface area contributed by atoms with Gasteiger partial charge in [-0.1, -0.05) is 41.4 Å². The quantitative estimate of drug-likeness (QED) is 0.768. The highest BCUT2D eigenvalue weighted by Crippen LogP contribution is 2.36. The van der Waals surface area contributed by atoms with Crippen molar-refractivity contribution in [2.45, 2.75) is 25.8 Å². The fourth-order valence-electron chi connectivity index (χ4n) is 3.87. The van der Waals surface area contributed by atoms with Crippen LogP contribution in [0.2, 0.25) is 10.0 Å². The van der Waals surface area contributed by atoms with E-state index in [1.54, 1.807) is 23.1 Å². The molecular weight excluding hydrogens is 371 g/mol. The molecule has 1 saturated heterocycles. The van der Waals surface area contributed by atoms with Crippen molar-refractivity contribution in [2.24, 2.45) is 5.92 Å². The van der Waals surface area contributed by atoms with Gasteiger partial charge in [-0.15, -0.1) is 0 Å². The number of anilines is 2. The third-order valence-corrected chi connectivity index (χ3v) is 5.87. The minimum Gasteiger partial charge on any atom is -0.312 e. The van der Waals surface area contributed by atoms with E-state index in [0.717, 1.165) is 12.1 Å². The lowest BCUT2D eigenvalue weighted by atomic mass is 10.1. The van der Waals surface area contributed by atoms with Crippen LogP contribution in [0, 0.1) is 5.92 Å². The van der Waals surface area contributed by atoms with Crippen molar-refractivity contribution in [3.8, 4) is 0 Å². The van der Waals surface area contributed by atoms with Crippen molar-refractivity contribution in [1.82, 2.24) is 0 Å². The molecule has 0 radical (unpaired) electrons. The Morgan fingerprint density at radius 3 is 2.62 bits per heavy atom. The average molecular weight is 389 g/mol. The van der Waals surface area contributed by atoms with E-state index in [-0.39, 0.29) is 30.2 Å². The van der Waals surface area contributed by atoms with Crippen LogP contribution < -0.4 is 9.80 Å². The van der Waals surface area contributed by atoms with Gasteiger partial charge in [0, 0.05) is 30.4 Å². The fourth-order valence-corrected chi connectivity index (χ4v) is 4.17. The summed E-state index contributed by atoms with van der Waals surface area (Å²) in [5, 5.41) is 0.839. The number of hydrogen-bond donors (Lipinski definition) is 0. The Hall–Kier alpha value is -2.04. The molecule has 2 atom stereocenters. The van der Waals surface area contributed by atoms with Crippen LogP contribution in [0.4, 0.5) is 11.4 Å². The second-order valence-electron chi connectivity index (χ2n) is 6.89. The summed E-state index contributed by atoms with van der Waals surface area (Å²) in [7, 11) is 0. The fraction of sp³-hybridized carbons (Fsp3) is 0.300. The Kier molecular flexibility index (Phi) is 4.41. The van der Waals surface area contributed by atoms with E-state index in [4.69, 9.17) is 23.2 Å². The maximum atomic E-state index is 13.2. The predicted octanol–water partition coefficient (Wildman–Crippen LogP) is 4.32. The normalized spacial score (nSPS) is 22.0. The number of amides is 2. The first-order valence-corrected chi connectivity index (χ1v) is 9.37. The molecule has 0 N–H and O–H groups in total. The number of halogens is 2. The van der Waals surface area contributed by atoms with Gasteiger partial charge in [-0.25, -0.2) is 0 Å². The zero-order valence-electron chi connectivity index (χ0n) is 14.3. The first-order valence-electron chi connectivity index (χ1n) is 8.62. The van der Waals surface area contributed by atoms with Crippen molar-refractivity contribution in [2.75, 3.05) is 16.3 Å². The molecule has 2 aliphatic heterocycles. The van der Waals surface area contributed by atoms with Crippen LogP contribution in [0.5, 0.6) is 0 Å². The van der Waals surface area contributed by atoms with E-state index in [1.165, 1.54) is 5.56 Å². The lowest BCUT2D eigenvalue weighted by Crippen LogP contribution is -2.41. The zero-order valence-corrected chi connectivity index (χ0v) is 15.8. The van der Waals surface area contributed by atoms with Crippen LogP contribution in [-0.4, -0.2) is 24.4 Å². The van der Waals surface area contributed by atoms with Crippen LogP contribution in [-0.2, 0) is 16.0 Å². The topological polar surface area (TPSA) is 40.6 Å². The molecule has 2 aliphatic rings. The Balaban J connectivity index is 1.57. The Morgan fingerprint density at radius 1 is 1.08 bits per heavy atom. The molecule has 1 fully saturated rings. The smallest absolute Gasteiger partial charge is 0.232 e. The SMILES string of the molecule is CC1Cc2ccccc2N1C(=O)C1CC(=O)N(c2ccc(Cl)c(Cl)c2)C1. The molecule has 4 nitrogen and oxygen atoms in total. The Bertz CT molecular complexity index is 899. The minimum absolute atomic E-state index is 0.0124. The molecular formula is C20H18Cl2N2O2. The molecule has 2 heterocycles. The molecule has 0 bridgehead atoms. The third-order valence-electron chi connectivity index (χ3n) is 5.13. The summed E-state index contributed by atoms with van der Waals surface area (Å²) in [6.45, 7) is 2.41. The molecule has 0 spiro atoms. The van der Waals surface area contributed by atoms with E-state index < -0.39 is 0 Å². The molecule has 2 aromatic carbocycles. The van der Waals surface area contributed by atoms with E-state index >= 15 is 0 Å². The van der Waals surface area contributed by atoms with E-state index in [2.05, 4.69) is 6.07 Å². The highest BCUT2D eigenvalue weighted by Gasteiger charge is 2.41. The van der Waals surface area contributed by atoms with Crippen LogP contribution >= 0.6 is 23.2 Å². The number of fused-ring (bicyclic) bond motifs is 1. The van der Waals surface area contributed by atoms with E-state index in [1.807, 2.05) is 30.0 Å². The molecule has 0 saturated carbocycles. The summed E-state index contributed by atoms with van der Waals surface area (Å²) >= 11 is 12.0. The summed E-state index contributed by atoms with van der Waals surface area (Å²) in [5.41, 5.74) is 2.82. The maximum Gasteiger partial charge on any atom is 0.232 e. The number of carbonyl (C=O) groups excluding carboxylic acids is 2. The Morgan fingerprint density at radius 2 is 1.85 bits per heavy atom. The van der Waals surface area contributed by atoms with Crippen molar-refractivity contribution < 1.29 is 9.59 Å². The highest BCUT2D eigenvalue weighted by atomic mass is 35.5. The van der Waals surface area contributed by atoms with Gasteiger partial charge in [-0.05, 0) is 43.2 Å².